The lowest BCUT2D eigenvalue weighted by molar-refractivity contribution is 0.0947. The van der Waals surface area contributed by atoms with Crippen molar-refractivity contribution < 1.29 is 9.21 Å². The Morgan fingerprint density at radius 3 is 2.23 bits per heavy atom. The number of carbonyl (C=O) groups excluding carboxylic acids is 1. The molecule has 0 radical (unpaired) electrons. The zero-order valence-corrected chi connectivity index (χ0v) is 14.6. The molecule has 0 fully saturated rings. The standard InChI is InChI=1S/C21H23N3O2/c22-13-11-20-24-19(15-26-20)21(25)23-14-12-18(16-7-3-1-4-8-16)17-9-5-2-6-10-17/h1-10,15,18H,11-14,22H2,(H,23,25). The summed E-state index contributed by atoms with van der Waals surface area (Å²) in [6.45, 7) is 0.990. The monoisotopic (exact) mass is 349 g/mol. The quantitative estimate of drug-likeness (QED) is 0.655. The molecule has 26 heavy (non-hydrogen) atoms. The first-order valence-corrected chi connectivity index (χ1v) is 8.80. The molecule has 1 aromatic heterocycles. The molecular weight excluding hydrogens is 326 g/mol. The van der Waals surface area contributed by atoms with Crippen molar-refractivity contribution in [2.75, 3.05) is 13.1 Å². The molecule has 1 heterocycles. The third kappa shape index (κ3) is 4.58. The summed E-state index contributed by atoms with van der Waals surface area (Å²) >= 11 is 0. The van der Waals surface area contributed by atoms with Crippen LogP contribution in [0, 0.1) is 0 Å². The van der Waals surface area contributed by atoms with Crippen LogP contribution < -0.4 is 11.1 Å². The van der Waals surface area contributed by atoms with E-state index in [1.807, 2.05) is 36.4 Å². The summed E-state index contributed by atoms with van der Waals surface area (Å²) < 4.78 is 5.24. The van der Waals surface area contributed by atoms with E-state index in [1.165, 1.54) is 17.4 Å². The predicted molar refractivity (Wildman–Crippen MR) is 101 cm³/mol. The van der Waals surface area contributed by atoms with Gasteiger partial charge in [-0.2, -0.15) is 0 Å². The van der Waals surface area contributed by atoms with Crippen LogP contribution in [0.15, 0.2) is 71.3 Å². The van der Waals surface area contributed by atoms with Gasteiger partial charge in [0.25, 0.3) is 5.91 Å². The molecule has 0 bridgehead atoms. The maximum atomic E-state index is 12.3. The molecule has 0 saturated heterocycles. The van der Waals surface area contributed by atoms with Gasteiger partial charge in [0.15, 0.2) is 11.6 Å². The number of rotatable bonds is 8. The molecule has 134 valence electrons. The van der Waals surface area contributed by atoms with Crippen molar-refractivity contribution in [1.29, 1.82) is 0 Å². The number of hydrogen-bond donors (Lipinski definition) is 2. The van der Waals surface area contributed by atoms with Crippen LogP contribution in [0.4, 0.5) is 0 Å². The SMILES string of the molecule is NCCc1nc(C(=O)NCCC(c2ccccc2)c2ccccc2)co1. The molecule has 2 aromatic carbocycles. The van der Waals surface area contributed by atoms with E-state index in [4.69, 9.17) is 10.2 Å². The fourth-order valence-electron chi connectivity index (χ4n) is 2.97. The number of nitrogens with one attached hydrogen (secondary N) is 1. The Bertz CT molecular complexity index is 776. The highest BCUT2D eigenvalue weighted by atomic mass is 16.3. The van der Waals surface area contributed by atoms with Crippen LogP contribution >= 0.6 is 0 Å². The molecular formula is C21H23N3O2. The van der Waals surface area contributed by atoms with Gasteiger partial charge in [-0.3, -0.25) is 4.79 Å². The maximum Gasteiger partial charge on any atom is 0.273 e. The van der Waals surface area contributed by atoms with Gasteiger partial charge in [-0.25, -0.2) is 4.98 Å². The van der Waals surface area contributed by atoms with Crippen molar-refractivity contribution in [3.63, 3.8) is 0 Å². The molecule has 0 aliphatic carbocycles. The van der Waals surface area contributed by atoms with Gasteiger partial charge in [0.1, 0.15) is 6.26 Å². The molecule has 1 amide bonds. The Hall–Kier alpha value is -2.92. The third-order valence-electron chi connectivity index (χ3n) is 4.27. The lowest BCUT2D eigenvalue weighted by atomic mass is 9.88. The Kier molecular flexibility index (Phi) is 6.17. The minimum atomic E-state index is -0.225. The van der Waals surface area contributed by atoms with Gasteiger partial charge in [-0.05, 0) is 17.5 Å². The summed E-state index contributed by atoms with van der Waals surface area (Å²) in [6.07, 6.45) is 2.71. The first-order valence-electron chi connectivity index (χ1n) is 8.80. The van der Waals surface area contributed by atoms with Crippen molar-refractivity contribution in [3.8, 4) is 0 Å². The first kappa shape index (κ1) is 17.9. The molecule has 5 heteroatoms. The van der Waals surface area contributed by atoms with Crippen LogP contribution in [0.1, 0.15) is 39.8 Å². The highest BCUT2D eigenvalue weighted by Crippen LogP contribution is 2.27. The van der Waals surface area contributed by atoms with E-state index >= 15 is 0 Å². The number of hydrogen-bond acceptors (Lipinski definition) is 4. The molecule has 3 N–H and O–H groups in total. The number of aromatic nitrogens is 1. The van der Waals surface area contributed by atoms with E-state index in [0.717, 1.165) is 6.42 Å². The second kappa shape index (κ2) is 8.97. The second-order valence-corrected chi connectivity index (χ2v) is 6.08. The van der Waals surface area contributed by atoms with Crippen LogP contribution in [-0.4, -0.2) is 24.0 Å². The third-order valence-corrected chi connectivity index (χ3v) is 4.27. The van der Waals surface area contributed by atoms with Gasteiger partial charge in [0, 0.05) is 25.4 Å². The molecule has 3 rings (SSSR count). The van der Waals surface area contributed by atoms with Crippen LogP contribution in [0.2, 0.25) is 0 Å². The predicted octanol–water partition coefficient (Wildman–Crippen LogP) is 3.13. The fraction of sp³-hybridized carbons (Fsp3) is 0.238. The largest absolute Gasteiger partial charge is 0.448 e. The lowest BCUT2D eigenvalue weighted by Gasteiger charge is -2.18. The molecule has 5 nitrogen and oxygen atoms in total. The molecule has 0 unspecified atom stereocenters. The van der Waals surface area contributed by atoms with Gasteiger partial charge >= 0.3 is 0 Å². The number of oxazole rings is 1. The van der Waals surface area contributed by atoms with Crippen molar-refractivity contribution in [3.05, 3.63) is 89.6 Å². The Balaban J connectivity index is 1.63. The molecule has 0 spiro atoms. The van der Waals surface area contributed by atoms with E-state index in [1.54, 1.807) is 0 Å². The summed E-state index contributed by atoms with van der Waals surface area (Å²) in [4.78, 5) is 16.4. The molecule has 0 aliphatic rings. The summed E-state index contributed by atoms with van der Waals surface area (Å²) in [7, 11) is 0. The Morgan fingerprint density at radius 1 is 1.04 bits per heavy atom. The van der Waals surface area contributed by atoms with Crippen LogP contribution in [0.25, 0.3) is 0 Å². The van der Waals surface area contributed by atoms with Crippen LogP contribution in [0.3, 0.4) is 0 Å². The number of amides is 1. The van der Waals surface area contributed by atoms with E-state index in [0.29, 0.717) is 31.1 Å². The number of nitrogens with zero attached hydrogens (tertiary/aromatic N) is 1. The molecule has 3 aromatic rings. The van der Waals surface area contributed by atoms with Crippen LogP contribution in [-0.2, 0) is 6.42 Å². The summed E-state index contributed by atoms with van der Waals surface area (Å²) in [6, 6.07) is 20.7. The minimum Gasteiger partial charge on any atom is -0.448 e. The minimum absolute atomic E-state index is 0.225. The van der Waals surface area contributed by atoms with Gasteiger partial charge in [0.05, 0.1) is 0 Å². The summed E-state index contributed by atoms with van der Waals surface area (Å²) in [5.74, 6) is 0.490. The van der Waals surface area contributed by atoms with E-state index < -0.39 is 0 Å². The zero-order chi connectivity index (χ0) is 18.2. The van der Waals surface area contributed by atoms with Gasteiger partial charge in [-0.1, -0.05) is 60.7 Å². The average Bonchev–Trinajstić information content (AvgIpc) is 3.16. The van der Waals surface area contributed by atoms with Crippen LogP contribution in [0.5, 0.6) is 0 Å². The van der Waals surface area contributed by atoms with Gasteiger partial charge in [-0.15, -0.1) is 0 Å². The number of benzene rings is 2. The Labute approximate surface area is 153 Å². The maximum absolute atomic E-state index is 12.3. The van der Waals surface area contributed by atoms with E-state index in [-0.39, 0.29) is 11.8 Å². The fourth-order valence-corrected chi connectivity index (χ4v) is 2.97. The van der Waals surface area contributed by atoms with Gasteiger partial charge in [0.2, 0.25) is 0 Å². The zero-order valence-electron chi connectivity index (χ0n) is 14.6. The van der Waals surface area contributed by atoms with Crippen molar-refractivity contribution >= 4 is 5.91 Å². The normalized spacial score (nSPS) is 10.8. The molecule has 0 aliphatic heterocycles. The molecule has 0 atom stereocenters. The number of carbonyl (C=O) groups is 1. The first-order chi connectivity index (χ1) is 12.8. The summed E-state index contributed by atoms with van der Waals surface area (Å²) in [5, 5.41) is 2.93. The highest BCUT2D eigenvalue weighted by Gasteiger charge is 2.16. The number of nitrogens with two attached hydrogens (primary N) is 1. The highest BCUT2D eigenvalue weighted by molar-refractivity contribution is 5.91. The van der Waals surface area contributed by atoms with Crippen molar-refractivity contribution in [2.45, 2.75) is 18.8 Å². The average molecular weight is 349 g/mol. The van der Waals surface area contributed by atoms with Crippen molar-refractivity contribution in [1.82, 2.24) is 10.3 Å². The van der Waals surface area contributed by atoms with Gasteiger partial charge < -0.3 is 15.5 Å². The summed E-state index contributed by atoms with van der Waals surface area (Å²) in [5.41, 5.74) is 8.24. The smallest absolute Gasteiger partial charge is 0.273 e. The molecule has 0 saturated carbocycles. The Morgan fingerprint density at radius 2 is 1.65 bits per heavy atom. The van der Waals surface area contributed by atoms with E-state index in [9.17, 15) is 4.79 Å². The van der Waals surface area contributed by atoms with E-state index in [2.05, 4.69) is 34.6 Å². The second-order valence-electron chi connectivity index (χ2n) is 6.08. The topological polar surface area (TPSA) is 81.1 Å². The van der Waals surface area contributed by atoms with Crippen molar-refractivity contribution in [2.24, 2.45) is 5.73 Å². The lowest BCUT2D eigenvalue weighted by Crippen LogP contribution is -2.26.